The highest BCUT2D eigenvalue weighted by Crippen LogP contribution is 2.28. The average molecular weight is 323 g/mol. The quantitative estimate of drug-likeness (QED) is 0.605. The van der Waals surface area contributed by atoms with E-state index in [4.69, 9.17) is 4.74 Å². The predicted octanol–water partition coefficient (Wildman–Crippen LogP) is 4.01. The first-order chi connectivity index (χ1) is 11.9. The Morgan fingerprint density at radius 1 is 1.17 bits per heavy atom. The third kappa shape index (κ3) is 4.15. The molecule has 3 aromatic rings. The highest BCUT2D eigenvalue weighted by atomic mass is 16.5. The van der Waals surface area contributed by atoms with Crippen molar-refractivity contribution in [1.82, 2.24) is 14.9 Å². The lowest BCUT2D eigenvalue weighted by atomic mass is 10.0. The summed E-state index contributed by atoms with van der Waals surface area (Å²) < 4.78 is 8.06. The highest BCUT2D eigenvalue weighted by Gasteiger charge is 2.08. The molecule has 4 heteroatoms. The third-order valence-electron chi connectivity index (χ3n) is 4.09. The van der Waals surface area contributed by atoms with Crippen molar-refractivity contribution in [2.45, 2.75) is 32.9 Å². The Kier molecular flexibility index (Phi) is 5.85. The van der Waals surface area contributed by atoms with Crippen LogP contribution >= 0.6 is 0 Å². The van der Waals surface area contributed by atoms with Gasteiger partial charge in [-0.25, -0.2) is 4.98 Å². The van der Waals surface area contributed by atoms with Crippen LogP contribution in [0, 0.1) is 0 Å². The summed E-state index contributed by atoms with van der Waals surface area (Å²) in [6.07, 6.45) is 7.78. The number of benzene rings is 2. The number of nitrogens with zero attached hydrogens (tertiary/aromatic N) is 2. The van der Waals surface area contributed by atoms with Gasteiger partial charge in [-0.1, -0.05) is 37.3 Å². The summed E-state index contributed by atoms with van der Waals surface area (Å²) in [6.45, 7) is 5.67. The van der Waals surface area contributed by atoms with Crippen molar-refractivity contribution in [3.63, 3.8) is 0 Å². The minimum Gasteiger partial charge on any atom is -0.493 e. The monoisotopic (exact) mass is 323 g/mol. The minimum atomic E-state index is 0.756. The molecule has 0 aliphatic rings. The molecule has 24 heavy (non-hydrogen) atoms. The number of hydrogen-bond donors (Lipinski definition) is 1. The fourth-order valence-corrected chi connectivity index (χ4v) is 2.86. The molecule has 4 nitrogen and oxygen atoms in total. The molecule has 0 aliphatic heterocycles. The van der Waals surface area contributed by atoms with Crippen LogP contribution in [-0.4, -0.2) is 22.7 Å². The second-order valence-corrected chi connectivity index (χ2v) is 5.94. The van der Waals surface area contributed by atoms with E-state index in [1.165, 1.54) is 16.3 Å². The van der Waals surface area contributed by atoms with Crippen molar-refractivity contribution >= 4 is 10.8 Å². The molecule has 2 aromatic carbocycles. The van der Waals surface area contributed by atoms with Gasteiger partial charge in [-0.2, -0.15) is 0 Å². The van der Waals surface area contributed by atoms with Gasteiger partial charge in [0.05, 0.1) is 12.9 Å². The van der Waals surface area contributed by atoms with E-state index in [0.717, 1.165) is 44.8 Å². The van der Waals surface area contributed by atoms with E-state index in [9.17, 15) is 0 Å². The summed E-state index contributed by atoms with van der Waals surface area (Å²) in [5.41, 5.74) is 1.25. The second kappa shape index (κ2) is 8.50. The maximum absolute atomic E-state index is 5.96. The Balaban J connectivity index is 1.64. The topological polar surface area (TPSA) is 39.1 Å². The van der Waals surface area contributed by atoms with E-state index >= 15 is 0 Å². The Morgan fingerprint density at radius 2 is 2.08 bits per heavy atom. The van der Waals surface area contributed by atoms with Crippen molar-refractivity contribution < 1.29 is 4.74 Å². The van der Waals surface area contributed by atoms with E-state index in [1.54, 1.807) is 0 Å². The number of aromatic nitrogens is 2. The summed E-state index contributed by atoms with van der Waals surface area (Å²) in [5, 5.41) is 6.09. The molecule has 0 bridgehead atoms. The summed E-state index contributed by atoms with van der Waals surface area (Å²) in [4.78, 5) is 4.07. The zero-order chi connectivity index (χ0) is 16.6. The van der Waals surface area contributed by atoms with Gasteiger partial charge in [-0.05, 0) is 36.2 Å². The molecule has 0 unspecified atom stereocenters. The lowest BCUT2D eigenvalue weighted by Crippen LogP contribution is -2.17. The number of fused-ring (bicyclic) bond motifs is 1. The van der Waals surface area contributed by atoms with E-state index in [-0.39, 0.29) is 0 Å². The lowest BCUT2D eigenvalue weighted by molar-refractivity contribution is 0.314. The van der Waals surface area contributed by atoms with Gasteiger partial charge in [0.25, 0.3) is 0 Å². The first-order valence-corrected chi connectivity index (χ1v) is 8.68. The molecule has 0 fully saturated rings. The van der Waals surface area contributed by atoms with Crippen LogP contribution in [-0.2, 0) is 13.1 Å². The van der Waals surface area contributed by atoms with E-state index in [2.05, 4.69) is 58.2 Å². The predicted molar refractivity (Wildman–Crippen MR) is 98.3 cm³/mol. The van der Waals surface area contributed by atoms with Crippen LogP contribution in [0.4, 0.5) is 0 Å². The molecule has 0 radical (unpaired) electrons. The van der Waals surface area contributed by atoms with Crippen LogP contribution in [0.2, 0.25) is 0 Å². The summed E-state index contributed by atoms with van der Waals surface area (Å²) >= 11 is 0. The molecule has 126 valence electrons. The molecule has 0 spiro atoms. The van der Waals surface area contributed by atoms with Crippen LogP contribution in [0.5, 0.6) is 5.75 Å². The van der Waals surface area contributed by atoms with Crippen LogP contribution < -0.4 is 10.1 Å². The zero-order valence-corrected chi connectivity index (χ0v) is 14.2. The first kappa shape index (κ1) is 16.5. The van der Waals surface area contributed by atoms with E-state index in [0.29, 0.717) is 0 Å². The fourth-order valence-electron chi connectivity index (χ4n) is 2.86. The summed E-state index contributed by atoms with van der Waals surface area (Å²) in [5.74, 6) is 0.998. The number of nitrogens with one attached hydrogen (secondary N) is 1. The Morgan fingerprint density at radius 3 is 2.92 bits per heavy atom. The van der Waals surface area contributed by atoms with Crippen LogP contribution in [0.25, 0.3) is 10.8 Å². The van der Waals surface area contributed by atoms with Crippen molar-refractivity contribution in [3.8, 4) is 5.75 Å². The molecular weight excluding hydrogens is 298 g/mol. The third-order valence-corrected chi connectivity index (χ3v) is 4.09. The van der Waals surface area contributed by atoms with Gasteiger partial charge in [0, 0.05) is 31.0 Å². The normalized spacial score (nSPS) is 11.0. The molecule has 1 aromatic heterocycles. The van der Waals surface area contributed by atoms with Crippen molar-refractivity contribution in [1.29, 1.82) is 0 Å². The molecule has 3 rings (SSSR count). The van der Waals surface area contributed by atoms with Gasteiger partial charge in [0.15, 0.2) is 0 Å². The fraction of sp³-hybridized carbons (Fsp3) is 0.350. The maximum Gasteiger partial charge on any atom is 0.124 e. The van der Waals surface area contributed by atoms with E-state index < -0.39 is 0 Å². The zero-order valence-electron chi connectivity index (χ0n) is 14.2. The maximum atomic E-state index is 5.96. The van der Waals surface area contributed by atoms with Crippen LogP contribution in [0.15, 0.2) is 55.1 Å². The minimum absolute atomic E-state index is 0.756. The Bertz CT molecular complexity index is 753. The second-order valence-electron chi connectivity index (χ2n) is 5.94. The van der Waals surface area contributed by atoms with Crippen LogP contribution in [0.3, 0.4) is 0 Å². The van der Waals surface area contributed by atoms with Gasteiger partial charge in [-0.15, -0.1) is 0 Å². The smallest absolute Gasteiger partial charge is 0.124 e. The van der Waals surface area contributed by atoms with Crippen molar-refractivity contribution in [2.24, 2.45) is 0 Å². The molecule has 1 heterocycles. The number of imidazole rings is 1. The average Bonchev–Trinajstić information content (AvgIpc) is 3.13. The molecule has 0 saturated carbocycles. The van der Waals surface area contributed by atoms with Gasteiger partial charge in [-0.3, -0.25) is 0 Å². The van der Waals surface area contributed by atoms with Crippen LogP contribution in [0.1, 0.15) is 25.3 Å². The van der Waals surface area contributed by atoms with E-state index in [1.807, 2.05) is 18.7 Å². The van der Waals surface area contributed by atoms with Gasteiger partial charge in [0.2, 0.25) is 0 Å². The van der Waals surface area contributed by atoms with Gasteiger partial charge in [0.1, 0.15) is 5.75 Å². The number of rotatable bonds is 9. The Hall–Kier alpha value is -2.33. The highest BCUT2D eigenvalue weighted by molar-refractivity contribution is 5.87. The van der Waals surface area contributed by atoms with Gasteiger partial charge < -0.3 is 14.6 Å². The molecule has 0 atom stereocenters. The summed E-state index contributed by atoms with van der Waals surface area (Å²) in [6, 6.07) is 12.7. The molecular formula is C20H25N3O. The lowest BCUT2D eigenvalue weighted by Gasteiger charge is -2.15. The van der Waals surface area contributed by atoms with Gasteiger partial charge >= 0.3 is 0 Å². The summed E-state index contributed by atoms with van der Waals surface area (Å²) in [7, 11) is 0. The molecule has 1 N–H and O–H groups in total. The standard InChI is InChI=1S/C20H25N3O/c1-2-14-24-20-9-8-17-6-3-4-7-18(17)19(20)15-21-10-5-12-23-13-11-22-16-23/h3-4,6-9,11,13,16,21H,2,5,10,12,14-15H2,1H3. The molecule has 0 amide bonds. The molecule has 0 aliphatic carbocycles. The number of ether oxygens (including phenoxy) is 1. The first-order valence-electron chi connectivity index (χ1n) is 8.68. The van der Waals surface area contributed by atoms with Crippen molar-refractivity contribution in [3.05, 3.63) is 60.7 Å². The number of hydrogen-bond acceptors (Lipinski definition) is 3. The largest absolute Gasteiger partial charge is 0.493 e. The Labute approximate surface area is 143 Å². The molecule has 0 saturated heterocycles. The van der Waals surface area contributed by atoms with Crippen molar-refractivity contribution in [2.75, 3.05) is 13.2 Å². The SMILES string of the molecule is CCCOc1ccc2ccccc2c1CNCCCn1ccnc1. The number of aryl methyl sites for hydroxylation is 1.